The summed E-state index contributed by atoms with van der Waals surface area (Å²) in [4.78, 5) is 16.4. The zero-order valence-electron chi connectivity index (χ0n) is 16.8. The molecule has 0 radical (unpaired) electrons. The number of hydrogen-bond acceptors (Lipinski definition) is 2. The molecule has 4 heteroatoms. The molecule has 2 N–H and O–H groups in total. The van der Waals surface area contributed by atoms with Crippen LogP contribution >= 0.6 is 0 Å². The maximum Gasteiger partial charge on any atom is 0.275 e. The van der Waals surface area contributed by atoms with Crippen LogP contribution in [0.4, 0.5) is 5.69 Å². The summed E-state index contributed by atoms with van der Waals surface area (Å²) in [5.41, 5.74) is 5.08. The van der Waals surface area contributed by atoms with Crippen molar-refractivity contribution >= 4 is 11.6 Å². The zero-order chi connectivity index (χ0) is 19.2. The van der Waals surface area contributed by atoms with Gasteiger partial charge >= 0.3 is 0 Å². The number of rotatable bonds is 6. The van der Waals surface area contributed by atoms with E-state index in [-0.39, 0.29) is 11.9 Å². The van der Waals surface area contributed by atoms with E-state index in [1.807, 2.05) is 0 Å². The molecule has 1 amide bonds. The van der Waals surface area contributed by atoms with Crippen LogP contribution in [0.1, 0.15) is 36.1 Å². The average Bonchev–Trinajstić information content (AvgIpc) is 2.68. The van der Waals surface area contributed by atoms with Crippen molar-refractivity contribution in [3.8, 4) is 0 Å². The fourth-order valence-electron chi connectivity index (χ4n) is 3.85. The lowest BCUT2D eigenvalue weighted by atomic mass is 10.0. The van der Waals surface area contributed by atoms with E-state index in [9.17, 15) is 4.79 Å². The summed E-state index contributed by atoms with van der Waals surface area (Å²) in [5, 5.41) is 3.23. The maximum atomic E-state index is 12.6. The summed E-state index contributed by atoms with van der Waals surface area (Å²) in [6.07, 6.45) is 0.908. The number of nitrogens with one attached hydrogen (secondary N) is 2. The highest BCUT2D eigenvalue weighted by molar-refractivity contribution is 5.77. The molecule has 0 spiro atoms. The molecule has 2 aromatic rings. The van der Waals surface area contributed by atoms with Crippen LogP contribution in [0.5, 0.6) is 0 Å². The first kappa shape index (κ1) is 19.4. The lowest BCUT2D eigenvalue weighted by Gasteiger charge is -2.34. The third-order valence-corrected chi connectivity index (χ3v) is 5.56. The summed E-state index contributed by atoms with van der Waals surface area (Å²) in [6.45, 7) is 10.9. The molecule has 1 aliphatic heterocycles. The third kappa shape index (κ3) is 5.10. The van der Waals surface area contributed by atoms with E-state index >= 15 is 0 Å². The molecule has 0 aliphatic carbocycles. The number of quaternary nitrogens is 1. The monoisotopic (exact) mass is 366 g/mol. The van der Waals surface area contributed by atoms with Crippen molar-refractivity contribution in [3.05, 3.63) is 65.2 Å². The molecule has 1 saturated heterocycles. The number of carbonyl (C=O) groups excluding carboxylic acids is 1. The van der Waals surface area contributed by atoms with Crippen molar-refractivity contribution < 1.29 is 9.69 Å². The molecule has 0 saturated carbocycles. The van der Waals surface area contributed by atoms with Gasteiger partial charge in [-0.05, 0) is 37.5 Å². The largest absolute Gasteiger partial charge is 0.360 e. The van der Waals surface area contributed by atoms with Gasteiger partial charge in [0.15, 0.2) is 6.54 Å². The second kappa shape index (κ2) is 9.05. The number of piperazine rings is 1. The van der Waals surface area contributed by atoms with Gasteiger partial charge in [0.2, 0.25) is 0 Å². The summed E-state index contributed by atoms with van der Waals surface area (Å²) in [7, 11) is 0. The molecule has 1 heterocycles. The van der Waals surface area contributed by atoms with Crippen molar-refractivity contribution in [2.45, 2.75) is 33.2 Å². The summed E-state index contributed by atoms with van der Waals surface area (Å²) < 4.78 is 0. The Labute approximate surface area is 163 Å². The molecule has 0 aromatic heterocycles. The number of hydrogen-bond donors (Lipinski definition) is 2. The number of anilines is 1. The summed E-state index contributed by atoms with van der Waals surface area (Å²) >= 11 is 0. The Morgan fingerprint density at radius 2 is 1.74 bits per heavy atom. The summed E-state index contributed by atoms with van der Waals surface area (Å²) in [6, 6.07) is 17.1. The van der Waals surface area contributed by atoms with Crippen LogP contribution in [0, 0.1) is 13.8 Å². The number of para-hydroxylation sites is 1. The Hall–Kier alpha value is -2.33. The van der Waals surface area contributed by atoms with E-state index in [1.54, 1.807) is 0 Å². The van der Waals surface area contributed by atoms with Crippen LogP contribution < -0.4 is 15.1 Å². The highest BCUT2D eigenvalue weighted by atomic mass is 16.2. The van der Waals surface area contributed by atoms with Crippen LogP contribution in [0.3, 0.4) is 0 Å². The predicted octanol–water partition coefficient (Wildman–Crippen LogP) is 2.28. The lowest BCUT2D eigenvalue weighted by Crippen LogP contribution is -3.16. The molecule has 1 aliphatic rings. The van der Waals surface area contributed by atoms with Crippen molar-refractivity contribution in [2.24, 2.45) is 0 Å². The van der Waals surface area contributed by atoms with Gasteiger partial charge in [0.1, 0.15) is 0 Å². The van der Waals surface area contributed by atoms with Crippen molar-refractivity contribution in [1.82, 2.24) is 5.32 Å². The van der Waals surface area contributed by atoms with Gasteiger partial charge in [0, 0.05) is 5.69 Å². The molecule has 1 atom stereocenters. The fraction of sp³-hybridized carbons (Fsp3) is 0.435. The first-order valence-electron chi connectivity index (χ1n) is 10.1. The van der Waals surface area contributed by atoms with Crippen LogP contribution in [0.25, 0.3) is 0 Å². The van der Waals surface area contributed by atoms with E-state index in [0.29, 0.717) is 6.54 Å². The molecule has 3 rings (SSSR count). The predicted molar refractivity (Wildman–Crippen MR) is 111 cm³/mol. The van der Waals surface area contributed by atoms with Crippen molar-refractivity contribution in [1.29, 1.82) is 0 Å². The van der Waals surface area contributed by atoms with Gasteiger partial charge in [-0.1, -0.05) is 55.0 Å². The smallest absolute Gasteiger partial charge is 0.275 e. The first-order chi connectivity index (χ1) is 13.1. The Kier molecular flexibility index (Phi) is 6.51. The minimum absolute atomic E-state index is 0.103. The molecule has 4 nitrogen and oxygen atoms in total. The molecular formula is C23H32N3O+. The van der Waals surface area contributed by atoms with Gasteiger partial charge in [-0.15, -0.1) is 0 Å². The van der Waals surface area contributed by atoms with Gasteiger partial charge in [-0.25, -0.2) is 0 Å². The zero-order valence-corrected chi connectivity index (χ0v) is 16.8. The SMILES string of the molecule is CC[C@H](NC(=O)C[NH+]1CCN(c2ccccc2C)CC1)c1ccc(C)cc1. The van der Waals surface area contributed by atoms with Gasteiger partial charge in [-0.2, -0.15) is 0 Å². The van der Waals surface area contributed by atoms with Crippen molar-refractivity contribution in [2.75, 3.05) is 37.6 Å². The van der Waals surface area contributed by atoms with E-state index < -0.39 is 0 Å². The van der Waals surface area contributed by atoms with E-state index in [1.165, 1.54) is 27.3 Å². The number of aryl methyl sites for hydroxylation is 2. The molecule has 1 fully saturated rings. The molecule has 27 heavy (non-hydrogen) atoms. The van der Waals surface area contributed by atoms with Crippen LogP contribution in [0.2, 0.25) is 0 Å². The molecule has 144 valence electrons. The number of carbonyl (C=O) groups is 1. The van der Waals surface area contributed by atoms with Gasteiger partial charge in [-0.3, -0.25) is 4.79 Å². The fourth-order valence-corrected chi connectivity index (χ4v) is 3.85. The number of amides is 1. The Morgan fingerprint density at radius 3 is 2.37 bits per heavy atom. The highest BCUT2D eigenvalue weighted by Crippen LogP contribution is 2.19. The number of nitrogens with zero attached hydrogens (tertiary/aromatic N) is 1. The van der Waals surface area contributed by atoms with E-state index in [0.717, 1.165) is 32.6 Å². The standard InChI is InChI=1S/C23H31N3O/c1-4-21(20-11-9-18(2)10-12-20)24-23(27)17-25-13-15-26(16-14-25)22-8-6-5-7-19(22)3/h5-12,21H,4,13-17H2,1-3H3,(H,24,27)/p+1/t21-/m0/s1. The minimum Gasteiger partial charge on any atom is -0.360 e. The quantitative estimate of drug-likeness (QED) is 0.823. The Morgan fingerprint density at radius 1 is 1.07 bits per heavy atom. The second-order valence-electron chi connectivity index (χ2n) is 7.64. The topological polar surface area (TPSA) is 36.8 Å². The second-order valence-corrected chi connectivity index (χ2v) is 7.64. The van der Waals surface area contributed by atoms with Crippen LogP contribution in [-0.4, -0.2) is 38.6 Å². The molecule has 0 bridgehead atoms. The average molecular weight is 367 g/mol. The normalized spacial score (nSPS) is 16.2. The Bertz CT molecular complexity index is 748. The van der Waals surface area contributed by atoms with Crippen LogP contribution in [-0.2, 0) is 4.79 Å². The first-order valence-corrected chi connectivity index (χ1v) is 10.1. The lowest BCUT2D eigenvalue weighted by molar-refractivity contribution is -0.892. The molecule has 2 aromatic carbocycles. The highest BCUT2D eigenvalue weighted by Gasteiger charge is 2.24. The maximum absolute atomic E-state index is 12.6. The van der Waals surface area contributed by atoms with Crippen molar-refractivity contribution in [3.63, 3.8) is 0 Å². The third-order valence-electron chi connectivity index (χ3n) is 5.56. The van der Waals surface area contributed by atoms with Gasteiger partial charge in [0.05, 0.1) is 32.2 Å². The Balaban J connectivity index is 1.50. The van der Waals surface area contributed by atoms with Gasteiger partial charge in [0.25, 0.3) is 5.91 Å². The minimum atomic E-state index is 0.103. The summed E-state index contributed by atoms with van der Waals surface area (Å²) in [5.74, 6) is 0.154. The van der Waals surface area contributed by atoms with E-state index in [4.69, 9.17) is 0 Å². The molecular weight excluding hydrogens is 334 g/mol. The van der Waals surface area contributed by atoms with E-state index in [2.05, 4.69) is 79.5 Å². The molecule has 0 unspecified atom stereocenters. The number of benzene rings is 2. The van der Waals surface area contributed by atoms with Crippen LogP contribution in [0.15, 0.2) is 48.5 Å². The van der Waals surface area contributed by atoms with Gasteiger partial charge < -0.3 is 15.1 Å².